The Morgan fingerprint density at radius 2 is 1.93 bits per heavy atom. The number of nitrogens with zero attached hydrogens (tertiary/aromatic N) is 2. The minimum atomic E-state index is -0.458. The molecule has 30 heavy (non-hydrogen) atoms. The molecule has 0 radical (unpaired) electrons. The van der Waals surface area contributed by atoms with Gasteiger partial charge in [-0.25, -0.2) is 4.98 Å². The number of likely N-dealkylation sites (tertiary alicyclic amines) is 1. The van der Waals surface area contributed by atoms with E-state index in [-0.39, 0.29) is 30.2 Å². The van der Waals surface area contributed by atoms with Gasteiger partial charge in [0.15, 0.2) is 10.9 Å². The Labute approximate surface area is 180 Å². The van der Waals surface area contributed by atoms with E-state index in [4.69, 9.17) is 16.0 Å². The molecule has 3 heterocycles. The topological polar surface area (TPSA) is 92.5 Å². The quantitative estimate of drug-likeness (QED) is 0.486. The van der Waals surface area contributed by atoms with Gasteiger partial charge in [0, 0.05) is 15.8 Å². The van der Waals surface area contributed by atoms with Gasteiger partial charge in [0.25, 0.3) is 0 Å². The number of carbonyl (C=O) groups excluding carboxylic acids is 3. The Hall–Kier alpha value is -2.97. The Kier molecular flexibility index (Phi) is 4.67. The van der Waals surface area contributed by atoms with E-state index in [2.05, 4.69) is 10.3 Å². The number of aromatic nitrogens is 1. The number of allylic oxidation sites excluding steroid dienone is 2. The fraction of sp³-hybridized carbons (Fsp3) is 0.238. The summed E-state index contributed by atoms with van der Waals surface area (Å²) in [6.45, 7) is -0.303. The molecular formula is C21H16ClN3O4S. The Morgan fingerprint density at radius 3 is 2.67 bits per heavy atom. The smallest absolute Gasteiger partial charge is 0.246 e. The van der Waals surface area contributed by atoms with E-state index in [1.54, 1.807) is 23.6 Å². The summed E-state index contributed by atoms with van der Waals surface area (Å²) in [6.07, 6.45) is 4.93. The molecule has 1 aliphatic heterocycles. The van der Waals surface area contributed by atoms with E-state index >= 15 is 0 Å². The number of benzene rings is 1. The number of imide groups is 1. The molecule has 152 valence electrons. The van der Waals surface area contributed by atoms with Crippen LogP contribution in [0.2, 0.25) is 5.02 Å². The molecule has 9 heteroatoms. The summed E-state index contributed by atoms with van der Waals surface area (Å²) in [5.74, 6) is -1.13. The van der Waals surface area contributed by atoms with Crippen molar-refractivity contribution in [1.82, 2.24) is 9.88 Å². The van der Waals surface area contributed by atoms with E-state index < -0.39 is 5.91 Å². The number of halogens is 1. The first kappa shape index (κ1) is 19.0. The van der Waals surface area contributed by atoms with Crippen molar-refractivity contribution in [2.45, 2.75) is 12.8 Å². The van der Waals surface area contributed by atoms with Crippen LogP contribution in [0, 0.1) is 11.8 Å². The van der Waals surface area contributed by atoms with E-state index in [0.29, 0.717) is 40.0 Å². The monoisotopic (exact) mass is 441 g/mol. The van der Waals surface area contributed by atoms with E-state index in [0.717, 1.165) is 10.3 Å². The van der Waals surface area contributed by atoms with Gasteiger partial charge in [-0.15, -0.1) is 11.3 Å². The Balaban J connectivity index is 1.27. The van der Waals surface area contributed by atoms with Gasteiger partial charge in [0.2, 0.25) is 17.7 Å². The molecule has 7 nitrogen and oxygen atoms in total. The van der Waals surface area contributed by atoms with Gasteiger partial charge in [-0.3, -0.25) is 19.3 Å². The maximum Gasteiger partial charge on any atom is 0.246 e. The molecule has 0 saturated carbocycles. The van der Waals surface area contributed by atoms with Crippen molar-refractivity contribution in [3.63, 3.8) is 0 Å². The molecule has 1 N–H and O–H groups in total. The van der Waals surface area contributed by atoms with Crippen LogP contribution in [0.15, 0.2) is 46.2 Å². The summed E-state index contributed by atoms with van der Waals surface area (Å²) in [7, 11) is 0. The highest BCUT2D eigenvalue weighted by atomic mass is 35.5. The summed E-state index contributed by atoms with van der Waals surface area (Å²) < 4.78 is 5.79. The van der Waals surface area contributed by atoms with Crippen molar-refractivity contribution in [2.75, 3.05) is 11.9 Å². The van der Waals surface area contributed by atoms with Crippen molar-refractivity contribution in [2.24, 2.45) is 11.8 Å². The van der Waals surface area contributed by atoms with Crippen molar-refractivity contribution < 1.29 is 18.8 Å². The second kappa shape index (κ2) is 7.37. The predicted octanol–water partition coefficient (Wildman–Crippen LogP) is 4.10. The van der Waals surface area contributed by atoms with Crippen LogP contribution in [0.5, 0.6) is 0 Å². The molecule has 0 spiro atoms. The molecule has 2 atom stereocenters. The van der Waals surface area contributed by atoms with Crippen molar-refractivity contribution in [1.29, 1.82) is 0 Å². The predicted molar refractivity (Wildman–Crippen MR) is 113 cm³/mol. The van der Waals surface area contributed by atoms with E-state index in [1.807, 2.05) is 18.2 Å². The zero-order valence-corrected chi connectivity index (χ0v) is 17.2. The van der Waals surface area contributed by atoms with E-state index in [9.17, 15) is 14.4 Å². The van der Waals surface area contributed by atoms with Crippen molar-refractivity contribution in [3.05, 3.63) is 46.8 Å². The number of hydrogen-bond acceptors (Lipinski definition) is 6. The van der Waals surface area contributed by atoms with Crippen LogP contribution in [0.3, 0.4) is 0 Å². The molecule has 1 fully saturated rings. The van der Waals surface area contributed by atoms with Crippen LogP contribution in [0.4, 0.5) is 5.13 Å². The third kappa shape index (κ3) is 3.32. The lowest BCUT2D eigenvalue weighted by Crippen LogP contribution is -2.38. The van der Waals surface area contributed by atoms with Crippen LogP contribution in [0.25, 0.3) is 22.4 Å². The minimum Gasteiger partial charge on any atom is -0.454 e. The summed E-state index contributed by atoms with van der Waals surface area (Å²) in [4.78, 5) is 42.9. The highest BCUT2D eigenvalue weighted by Crippen LogP contribution is 2.35. The van der Waals surface area contributed by atoms with Crippen LogP contribution in [0.1, 0.15) is 12.8 Å². The first-order valence-corrected chi connectivity index (χ1v) is 10.7. The lowest BCUT2D eigenvalue weighted by Gasteiger charge is -2.14. The van der Waals surface area contributed by atoms with Crippen LogP contribution in [-0.4, -0.2) is 34.2 Å². The van der Waals surface area contributed by atoms with Crippen LogP contribution < -0.4 is 5.32 Å². The summed E-state index contributed by atoms with van der Waals surface area (Å²) in [5, 5.41) is 6.27. The summed E-state index contributed by atoms with van der Waals surface area (Å²) in [6, 6.07) is 7.17. The molecule has 5 rings (SSSR count). The van der Waals surface area contributed by atoms with E-state index in [1.165, 1.54) is 11.3 Å². The molecular weight excluding hydrogens is 426 g/mol. The fourth-order valence-corrected chi connectivity index (χ4v) is 4.81. The summed E-state index contributed by atoms with van der Waals surface area (Å²) in [5.41, 5.74) is 1.27. The lowest BCUT2D eigenvalue weighted by molar-refractivity contribution is -0.142. The normalized spacial score (nSPS) is 20.8. The first-order valence-electron chi connectivity index (χ1n) is 9.44. The first-order chi connectivity index (χ1) is 14.5. The largest absolute Gasteiger partial charge is 0.454 e. The zero-order chi connectivity index (χ0) is 20.8. The highest BCUT2D eigenvalue weighted by Gasteiger charge is 2.47. The average molecular weight is 442 g/mol. The number of anilines is 1. The molecule has 1 aromatic carbocycles. The molecule has 1 saturated heterocycles. The maximum absolute atomic E-state index is 12.5. The SMILES string of the molecule is O=C(CN1C(=O)[C@H]2CC=CC[C@@H]2C1=O)Nc1nc(-c2cc3cc(Cl)ccc3o2)cs1. The maximum atomic E-state index is 12.5. The Bertz CT molecular complexity index is 1190. The molecule has 2 aromatic heterocycles. The van der Waals surface area contributed by atoms with Crippen molar-refractivity contribution in [3.8, 4) is 11.5 Å². The average Bonchev–Trinajstić information content (AvgIpc) is 3.42. The molecule has 2 aliphatic rings. The third-order valence-electron chi connectivity index (χ3n) is 5.38. The fourth-order valence-electron chi connectivity index (χ4n) is 3.91. The number of thiazole rings is 1. The summed E-state index contributed by atoms with van der Waals surface area (Å²) >= 11 is 7.25. The van der Waals surface area contributed by atoms with Gasteiger partial charge in [-0.1, -0.05) is 23.8 Å². The minimum absolute atomic E-state index is 0.273. The Morgan fingerprint density at radius 1 is 1.20 bits per heavy atom. The number of carbonyl (C=O) groups is 3. The lowest BCUT2D eigenvalue weighted by atomic mass is 9.85. The van der Waals surface area contributed by atoms with Gasteiger partial charge in [-0.2, -0.15) is 0 Å². The van der Waals surface area contributed by atoms with Crippen molar-refractivity contribution >= 4 is 56.8 Å². The highest BCUT2D eigenvalue weighted by molar-refractivity contribution is 7.14. The van der Waals surface area contributed by atoms with Gasteiger partial charge in [0.05, 0.1) is 11.8 Å². The molecule has 1 aliphatic carbocycles. The molecule has 3 aromatic rings. The number of furan rings is 1. The second-order valence-electron chi connectivity index (χ2n) is 7.30. The number of nitrogens with one attached hydrogen (secondary N) is 1. The van der Waals surface area contributed by atoms with Crippen LogP contribution in [-0.2, 0) is 14.4 Å². The van der Waals surface area contributed by atoms with Gasteiger partial charge in [0.1, 0.15) is 17.8 Å². The standard InChI is InChI=1S/C21H16ClN3O4S/c22-12-5-6-16-11(7-12)8-17(29-16)15-10-30-21(23-15)24-18(26)9-25-19(27)13-3-1-2-4-14(13)20(25)28/h1-2,5-8,10,13-14H,3-4,9H2,(H,23,24,26)/t13-,14-/m0/s1. The molecule has 3 amide bonds. The van der Waals surface area contributed by atoms with Gasteiger partial charge >= 0.3 is 0 Å². The van der Waals surface area contributed by atoms with Gasteiger partial charge < -0.3 is 9.73 Å². The van der Waals surface area contributed by atoms with Gasteiger partial charge in [-0.05, 0) is 37.1 Å². The number of rotatable bonds is 4. The number of fused-ring (bicyclic) bond motifs is 2. The van der Waals surface area contributed by atoms with Crippen LogP contribution >= 0.6 is 22.9 Å². The molecule has 0 unspecified atom stereocenters. The molecule has 0 bridgehead atoms. The number of amides is 3. The second-order valence-corrected chi connectivity index (χ2v) is 8.59. The third-order valence-corrected chi connectivity index (χ3v) is 6.37. The zero-order valence-electron chi connectivity index (χ0n) is 15.6. The number of hydrogen-bond donors (Lipinski definition) is 1.